The van der Waals surface area contributed by atoms with Crippen LogP contribution in [0.25, 0.3) is 0 Å². The second-order valence-corrected chi connectivity index (χ2v) is 6.43. The molecule has 1 aromatic rings. The van der Waals surface area contributed by atoms with Crippen molar-refractivity contribution in [3.63, 3.8) is 0 Å². The lowest BCUT2D eigenvalue weighted by molar-refractivity contribution is 0.0698. The molecule has 22 heavy (non-hydrogen) atoms. The molecule has 4 nitrogen and oxygen atoms in total. The molecular weight excluding hydrogens is 298 g/mol. The molecule has 0 spiro atoms. The van der Waals surface area contributed by atoms with Gasteiger partial charge in [-0.3, -0.25) is 9.78 Å². The summed E-state index contributed by atoms with van der Waals surface area (Å²) in [4.78, 5) is 19.1. The van der Waals surface area contributed by atoms with E-state index in [2.05, 4.69) is 9.88 Å². The number of hydrogen-bond donors (Lipinski definition) is 1. The smallest absolute Gasteiger partial charge is 0.254 e. The Morgan fingerprint density at radius 2 is 1.95 bits per heavy atom. The first-order valence-electron chi connectivity index (χ1n) is 8.24. The first-order valence-corrected chi connectivity index (χ1v) is 8.24. The fraction of sp³-hybridized carbons (Fsp3) is 0.647. The molecule has 2 saturated carbocycles. The molecule has 122 valence electrons. The lowest BCUT2D eigenvalue weighted by Gasteiger charge is -2.30. The normalized spacial score (nSPS) is 18.6. The number of halogens is 1. The Balaban J connectivity index is 0.00000176. The minimum absolute atomic E-state index is 0. The van der Waals surface area contributed by atoms with Crippen LogP contribution in [0, 0.1) is 5.92 Å². The summed E-state index contributed by atoms with van der Waals surface area (Å²) in [6.07, 6.45) is 10.6. The standard InChI is InChI=1S/C17H25N3O.ClH/c18-11-15-10-14(8-9-19-15)17(21)20(16-6-7-16)12-13-4-2-1-3-5-13;/h8-10,13,16H,1-7,11-12,18H2;1H. The molecule has 2 N–H and O–H groups in total. The monoisotopic (exact) mass is 323 g/mol. The van der Waals surface area contributed by atoms with Crippen molar-refractivity contribution in [1.29, 1.82) is 0 Å². The molecule has 2 aliphatic rings. The van der Waals surface area contributed by atoms with Crippen LogP contribution in [0.3, 0.4) is 0 Å². The zero-order valence-electron chi connectivity index (χ0n) is 13.0. The number of carbonyl (C=O) groups excluding carboxylic acids is 1. The van der Waals surface area contributed by atoms with Crippen LogP contribution in [0.2, 0.25) is 0 Å². The number of amides is 1. The van der Waals surface area contributed by atoms with Crippen LogP contribution in [0.1, 0.15) is 61.0 Å². The van der Waals surface area contributed by atoms with E-state index in [-0.39, 0.29) is 18.3 Å². The number of aromatic nitrogens is 1. The zero-order chi connectivity index (χ0) is 14.7. The largest absolute Gasteiger partial charge is 0.335 e. The molecule has 0 aliphatic heterocycles. The highest BCUT2D eigenvalue weighted by Crippen LogP contribution is 2.32. The van der Waals surface area contributed by atoms with Crippen LogP contribution in [0.5, 0.6) is 0 Å². The Hall–Kier alpha value is -1.13. The number of pyridine rings is 1. The summed E-state index contributed by atoms with van der Waals surface area (Å²) in [7, 11) is 0. The van der Waals surface area contributed by atoms with Crippen molar-refractivity contribution in [2.45, 2.75) is 57.5 Å². The Bertz CT molecular complexity index is 498. The fourth-order valence-electron chi connectivity index (χ4n) is 3.32. The van der Waals surface area contributed by atoms with E-state index >= 15 is 0 Å². The second-order valence-electron chi connectivity index (χ2n) is 6.43. The first-order chi connectivity index (χ1) is 10.3. The average Bonchev–Trinajstić information content (AvgIpc) is 3.38. The van der Waals surface area contributed by atoms with E-state index in [0.29, 0.717) is 18.5 Å². The number of rotatable bonds is 5. The molecule has 5 heteroatoms. The molecule has 0 saturated heterocycles. The Morgan fingerprint density at radius 3 is 2.59 bits per heavy atom. The summed E-state index contributed by atoms with van der Waals surface area (Å²) in [6, 6.07) is 4.13. The van der Waals surface area contributed by atoms with Crippen LogP contribution < -0.4 is 5.73 Å². The Labute approximate surface area is 138 Å². The predicted molar refractivity (Wildman–Crippen MR) is 90.0 cm³/mol. The molecule has 3 rings (SSSR count). The van der Waals surface area contributed by atoms with Crippen LogP contribution in [-0.2, 0) is 6.54 Å². The molecule has 1 amide bonds. The van der Waals surface area contributed by atoms with Gasteiger partial charge < -0.3 is 10.6 Å². The van der Waals surface area contributed by atoms with Gasteiger partial charge in [0.25, 0.3) is 5.91 Å². The summed E-state index contributed by atoms with van der Waals surface area (Å²) in [5, 5.41) is 0. The van der Waals surface area contributed by atoms with Gasteiger partial charge in [-0.25, -0.2) is 0 Å². The molecule has 1 aromatic heterocycles. The molecule has 0 unspecified atom stereocenters. The summed E-state index contributed by atoms with van der Waals surface area (Å²) in [6.45, 7) is 1.32. The lowest BCUT2D eigenvalue weighted by atomic mass is 9.89. The SMILES string of the molecule is Cl.NCc1cc(C(=O)N(CC2CCCCC2)C2CC2)ccn1. The molecule has 0 atom stereocenters. The van der Waals surface area contributed by atoms with Gasteiger partial charge >= 0.3 is 0 Å². The van der Waals surface area contributed by atoms with E-state index in [1.54, 1.807) is 6.20 Å². The maximum Gasteiger partial charge on any atom is 0.254 e. The minimum atomic E-state index is 0. The maximum absolute atomic E-state index is 12.8. The number of nitrogens with zero attached hydrogens (tertiary/aromatic N) is 2. The first kappa shape index (κ1) is 17.2. The highest BCUT2D eigenvalue weighted by atomic mass is 35.5. The summed E-state index contributed by atoms with van der Waals surface area (Å²) < 4.78 is 0. The summed E-state index contributed by atoms with van der Waals surface area (Å²) >= 11 is 0. The number of hydrogen-bond acceptors (Lipinski definition) is 3. The molecule has 0 radical (unpaired) electrons. The van der Waals surface area contributed by atoms with E-state index in [1.807, 2.05) is 12.1 Å². The highest BCUT2D eigenvalue weighted by molar-refractivity contribution is 5.94. The van der Waals surface area contributed by atoms with Gasteiger partial charge in [-0.05, 0) is 43.7 Å². The quantitative estimate of drug-likeness (QED) is 0.905. The maximum atomic E-state index is 12.8. The third-order valence-corrected chi connectivity index (χ3v) is 4.70. The number of carbonyl (C=O) groups is 1. The zero-order valence-corrected chi connectivity index (χ0v) is 13.9. The van der Waals surface area contributed by atoms with Crippen LogP contribution in [0.4, 0.5) is 0 Å². The molecule has 0 aromatic carbocycles. The van der Waals surface area contributed by atoms with Gasteiger partial charge in [0.15, 0.2) is 0 Å². The summed E-state index contributed by atoms with van der Waals surface area (Å²) in [5.74, 6) is 0.860. The fourth-order valence-corrected chi connectivity index (χ4v) is 3.32. The van der Waals surface area contributed by atoms with Crippen LogP contribution in [-0.4, -0.2) is 28.4 Å². The third kappa shape index (κ3) is 4.20. The van der Waals surface area contributed by atoms with Gasteiger partial charge in [-0.15, -0.1) is 12.4 Å². The number of nitrogens with two attached hydrogens (primary N) is 1. The van der Waals surface area contributed by atoms with E-state index in [1.165, 1.54) is 32.1 Å². The van der Waals surface area contributed by atoms with Crippen molar-refractivity contribution < 1.29 is 4.79 Å². The van der Waals surface area contributed by atoms with Crippen molar-refractivity contribution in [3.05, 3.63) is 29.6 Å². The average molecular weight is 324 g/mol. The Kier molecular flexibility index (Phi) is 6.21. The third-order valence-electron chi connectivity index (χ3n) is 4.70. The van der Waals surface area contributed by atoms with Crippen LogP contribution in [0.15, 0.2) is 18.3 Å². The van der Waals surface area contributed by atoms with Crippen molar-refractivity contribution >= 4 is 18.3 Å². The second kappa shape index (κ2) is 7.93. The molecule has 1 heterocycles. The molecule has 0 bridgehead atoms. The van der Waals surface area contributed by atoms with Crippen molar-refractivity contribution in [2.24, 2.45) is 11.7 Å². The van der Waals surface area contributed by atoms with Crippen molar-refractivity contribution in [3.8, 4) is 0 Å². The van der Waals surface area contributed by atoms with E-state index in [0.717, 1.165) is 30.6 Å². The highest BCUT2D eigenvalue weighted by Gasteiger charge is 2.34. The van der Waals surface area contributed by atoms with Gasteiger partial charge in [-0.2, -0.15) is 0 Å². The minimum Gasteiger partial charge on any atom is -0.335 e. The Morgan fingerprint density at radius 1 is 1.23 bits per heavy atom. The van der Waals surface area contributed by atoms with Crippen molar-refractivity contribution in [1.82, 2.24) is 9.88 Å². The van der Waals surface area contributed by atoms with E-state index in [9.17, 15) is 4.79 Å². The van der Waals surface area contributed by atoms with Gasteiger partial charge in [0.1, 0.15) is 0 Å². The van der Waals surface area contributed by atoms with Gasteiger partial charge in [0.05, 0.1) is 5.69 Å². The van der Waals surface area contributed by atoms with E-state index < -0.39 is 0 Å². The van der Waals surface area contributed by atoms with Gasteiger partial charge in [-0.1, -0.05) is 19.3 Å². The van der Waals surface area contributed by atoms with Gasteiger partial charge in [0.2, 0.25) is 0 Å². The molecule has 2 aliphatic carbocycles. The predicted octanol–water partition coefficient (Wildman–Crippen LogP) is 3.15. The van der Waals surface area contributed by atoms with Crippen molar-refractivity contribution in [2.75, 3.05) is 6.54 Å². The molecule has 2 fully saturated rings. The van der Waals surface area contributed by atoms with Gasteiger partial charge in [0, 0.05) is 30.9 Å². The topological polar surface area (TPSA) is 59.2 Å². The summed E-state index contributed by atoms with van der Waals surface area (Å²) in [5.41, 5.74) is 7.16. The van der Waals surface area contributed by atoms with Crippen LogP contribution >= 0.6 is 12.4 Å². The molecular formula is C17H26ClN3O. The lowest BCUT2D eigenvalue weighted by Crippen LogP contribution is -2.37. The van der Waals surface area contributed by atoms with E-state index in [4.69, 9.17) is 5.73 Å².